The fourth-order valence-corrected chi connectivity index (χ4v) is 3.06. The average molecular weight is 359 g/mol. The summed E-state index contributed by atoms with van der Waals surface area (Å²) >= 11 is 7.53. The van der Waals surface area contributed by atoms with Crippen LogP contribution in [0.3, 0.4) is 0 Å². The lowest BCUT2D eigenvalue weighted by Gasteiger charge is -2.07. The number of ether oxygens (including phenoxy) is 1. The Hall–Kier alpha value is -2.37. The molecule has 6 heteroatoms. The van der Waals surface area contributed by atoms with E-state index < -0.39 is 0 Å². The molecule has 24 heavy (non-hydrogen) atoms. The van der Waals surface area contributed by atoms with Crippen LogP contribution in [0.5, 0.6) is 5.75 Å². The topological polar surface area (TPSA) is 51.2 Å². The first-order valence-corrected chi connectivity index (χ1v) is 8.62. The van der Waals surface area contributed by atoms with E-state index in [1.54, 1.807) is 29.5 Å². The Morgan fingerprint density at radius 2 is 1.88 bits per heavy atom. The number of carbonyl (C=O) groups is 1. The highest BCUT2D eigenvalue weighted by molar-refractivity contribution is 7.13. The van der Waals surface area contributed by atoms with Crippen LogP contribution in [0.25, 0.3) is 10.6 Å². The number of rotatable bonds is 6. The van der Waals surface area contributed by atoms with E-state index in [1.807, 2.05) is 41.8 Å². The molecule has 1 heterocycles. The third-order valence-electron chi connectivity index (χ3n) is 3.23. The Labute approximate surface area is 149 Å². The minimum absolute atomic E-state index is 0.0839. The van der Waals surface area contributed by atoms with Gasteiger partial charge in [0.2, 0.25) is 0 Å². The summed E-state index contributed by atoms with van der Waals surface area (Å²) in [5.41, 5.74) is 1.90. The summed E-state index contributed by atoms with van der Waals surface area (Å²) in [6.07, 6.45) is 0. The van der Waals surface area contributed by atoms with Gasteiger partial charge in [-0.3, -0.25) is 4.79 Å². The number of nitrogens with zero attached hydrogens (tertiary/aromatic N) is 1. The second kappa shape index (κ2) is 7.95. The molecule has 2 aromatic carbocycles. The number of para-hydroxylation sites is 1. The molecule has 1 aromatic heterocycles. The molecule has 122 valence electrons. The van der Waals surface area contributed by atoms with Crippen molar-refractivity contribution in [2.24, 2.45) is 0 Å². The van der Waals surface area contributed by atoms with Crippen LogP contribution in [-0.2, 0) is 11.3 Å². The summed E-state index contributed by atoms with van der Waals surface area (Å²) in [6.45, 7) is 0.285. The van der Waals surface area contributed by atoms with Gasteiger partial charge in [-0.2, -0.15) is 0 Å². The largest absolute Gasteiger partial charge is 0.482 e. The van der Waals surface area contributed by atoms with E-state index in [-0.39, 0.29) is 12.5 Å². The van der Waals surface area contributed by atoms with Gasteiger partial charge in [0.05, 0.1) is 17.3 Å². The van der Waals surface area contributed by atoms with Crippen LogP contribution in [-0.4, -0.2) is 17.5 Å². The van der Waals surface area contributed by atoms with E-state index >= 15 is 0 Å². The average Bonchev–Trinajstić information content (AvgIpc) is 3.09. The van der Waals surface area contributed by atoms with Gasteiger partial charge in [-0.15, -0.1) is 11.3 Å². The van der Waals surface area contributed by atoms with Gasteiger partial charge in [-0.25, -0.2) is 4.98 Å². The summed E-state index contributed by atoms with van der Waals surface area (Å²) < 4.78 is 5.40. The Balaban J connectivity index is 1.50. The molecular formula is C18H15ClN2O2S. The first-order valence-electron chi connectivity index (χ1n) is 7.36. The fraction of sp³-hybridized carbons (Fsp3) is 0.111. The van der Waals surface area contributed by atoms with Gasteiger partial charge < -0.3 is 10.1 Å². The summed E-state index contributed by atoms with van der Waals surface area (Å²) in [7, 11) is 0. The Kier molecular flexibility index (Phi) is 5.46. The first kappa shape index (κ1) is 16.5. The molecule has 0 aliphatic carbocycles. The first-order chi connectivity index (χ1) is 11.7. The molecular weight excluding hydrogens is 344 g/mol. The number of aromatic nitrogens is 1. The number of nitrogens with one attached hydrogen (secondary N) is 1. The molecule has 0 bridgehead atoms. The SMILES string of the molecule is O=C(COc1ccccc1Cl)NCc1csc(-c2ccccc2)n1. The van der Waals surface area contributed by atoms with Crippen molar-refractivity contribution in [2.45, 2.75) is 6.54 Å². The van der Waals surface area contributed by atoms with E-state index in [1.165, 1.54) is 0 Å². The second-order valence-corrected chi connectivity index (χ2v) is 6.27. The van der Waals surface area contributed by atoms with Crippen LogP contribution in [0, 0.1) is 0 Å². The normalized spacial score (nSPS) is 10.4. The lowest BCUT2D eigenvalue weighted by Crippen LogP contribution is -2.28. The zero-order valence-corrected chi connectivity index (χ0v) is 14.3. The van der Waals surface area contributed by atoms with Crippen LogP contribution in [0.2, 0.25) is 5.02 Å². The van der Waals surface area contributed by atoms with Crippen molar-refractivity contribution >= 4 is 28.8 Å². The van der Waals surface area contributed by atoms with Gasteiger partial charge in [0.15, 0.2) is 6.61 Å². The maximum Gasteiger partial charge on any atom is 0.258 e. The van der Waals surface area contributed by atoms with Crippen LogP contribution in [0.1, 0.15) is 5.69 Å². The molecule has 0 atom stereocenters. The molecule has 0 saturated heterocycles. The number of amides is 1. The van der Waals surface area contributed by atoms with Crippen molar-refractivity contribution in [2.75, 3.05) is 6.61 Å². The predicted octanol–water partition coefficient (Wildman–Crippen LogP) is 4.16. The number of hydrogen-bond donors (Lipinski definition) is 1. The summed E-state index contributed by atoms with van der Waals surface area (Å²) in [5.74, 6) is 0.276. The van der Waals surface area contributed by atoms with E-state index in [0.29, 0.717) is 17.3 Å². The third-order valence-corrected chi connectivity index (χ3v) is 4.49. The number of halogens is 1. The number of carbonyl (C=O) groups excluding carboxylic acids is 1. The highest BCUT2D eigenvalue weighted by Crippen LogP contribution is 2.24. The van der Waals surface area contributed by atoms with Crippen LogP contribution >= 0.6 is 22.9 Å². The zero-order chi connectivity index (χ0) is 16.8. The van der Waals surface area contributed by atoms with Crippen molar-refractivity contribution < 1.29 is 9.53 Å². The maximum atomic E-state index is 11.9. The molecule has 0 aliphatic rings. The Bertz CT molecular complexity index is 821. The number of thiazole rings is 1. The molecule has 4 nitrogen and oxygen atoms in total. The van der Waals surface area contributed by atoms with Gasteiger partial charge in [0.1, 0.15) is 10.8 Å². The molecule has 0 radical (unpaired) electrons. The molecule has 0 saturated carbocycles. The second-order valence-electron chi connectivity index (χ2n) is 5.01. The van der Waals surface area contributed by atoms with Crippen molar-refractivity contribution in [3.8, 4) is 16.3 Å². The lowest BCUT2D eigenvalue weighted by atomic mass is 10.2. The van der Waals surface area contributed by atoms with Crippen molar-refractivity contribution in [1.29, 1.82) is 0 Å². The fourth-order valence-electron chi connectivity index (χ4n) is 2.05. The van der Waals surface area contributed by atoms with Crippen LogP contribution in [0.4, 0.5) is 0 Å². The molecule has 0 aliphatic heterocycles. The van der Waals surface area contributed by atoms with Crippen molar-refractivity contribution in [3.63, 3.8) is 0 Å². The van der Waals surface area contributed by atoms with Gasteiger partial charge in [-0.1, -0.05) is 54.1 Å². The molecule has 1 N–H and O–H groups in total. The molecule has 0 spiro atoms. The van der Waals surface area contributed by atoms with Crippen molar-refractivity contribution in [3.05, 3.63) is 70.7 Å². The smallest absolute Gasteiger partial charge is 0.258 e. The lowest BCUT2D eigenvalue weighted by molar-refractivity contribution is -0.123. The highest BCUT2D eigenvalue weighted by Gasteiger charge is 2.08. The highest BCUT2D eigenvalue weighted by atomic mass is 35.5. The Morgan fingerprint density at radius 1 is 1.12 bits per heavy atom. The molecule has 3 aromatic rings. The molecule has 0 fully saturated rings. The maximum absolute atomic E-state index is 11.9. The van der Waals surface area contributed by atoms with Gasteiger partial charge in [0, 0.05) is 10.9 Å². The summed E-state index contributed by atoms with van der Waals surface area (Å²) in [6, 6.07) is 17.0. The van der Waals surface area contributed by atoms with Crippen molar-refractivity contribution in [1.82, 2.24) is 10.3 Å². The van der Waals surface area contributed by atoms with Gasteiger partial charge in [-0.05, 0) is 12.1 Å². The standard InChI is InChI=1S/C18H15ClN2O2S/c19-15-8-4-5-9-16(15)23-11-17(22)20-10-14-12-24-18(21-14)13-6-2-1-3-7-13/h1-9,12H,10-11H2,(H,20,22). The van der Waals surface area contributed by atoms with Crippen LogP contribution < -0.4 is 10.1 Å². The monoisotopic (exact) mass is 358 g/mol. The minimum Gasteiger partial charge on any atom is -0.482 e. The predicted molar refractivity (Wildman–Crippen MR) is 96.3 cm³/mol. The number of hydrogen-bond acceptors (Lipinski definition) is 4. The van der Waals surface area contributed by atoms with E-state index in [9.17, 15) is 4.79 Å². The molecule has 0 unspecified atom stereocenters. The Morgan fingerprint density at radius 3 is 2.67 bits per heavy atom. The third kappa shape index (κ3) is 4.34. The summed E-state index contributed by atoms with van der Waals surface area (Å²) in [5, 5.41) is 6.15. The van der Waals surface area contributed by atoms with E-state index in [2.05, 4.69) is 10.3 Å². The van der Waals surface area contributed by atoms with Gasteiger partial charge in [0.25, 0.3) is 5.91 Å². The number of benzene rings is 2. The summed E-state index contributed by atoms with van der Waals surface area (Å²) in [4.78, 5) is 16.4. The van der Waals surface area contributed by atoms with Gasteiger partial charge >= 0.3 is 0 Å². The molecule has 1 amide bonds. The minimum atomic E-state index is -0.218. The quantitative estimate of drug-likeness (QED) is 0.719. The van der Waals surface area contributed by atoms with E-state index in [4.69, 9.17) is 16.3 Å². The van der Waals surface area contributed by atoms with E-state index in [0.717, 1.165) is 16.3 Å². The zero-order valence-electron chi connectivity index (χ0n) is 12.7. The van der Waals surface area contributed by atoms with Crippen LogP contribution in [0.15, 0.2) is 60.0 Å². The molecule has 3 rings (SSSR count).